The van der Waals surface area contributed by atoms with Crippen LogP contribution in [0.4, 0.5) is 0 Å². The zero-order valence-electron chi connectivity index (χ0n) is 9.85. The summed E-state index contributed by atoms with van der Waals surface area (Å²) in [6, 6.07) is 8.74. The van der Waals surface area contributed by atoms with Crippen LogP contribution in [0, 0.1) is 0 Å². The molecule has 19 heavy (non-hydrogen) atoms. The fraction of sp³-hybridized carbons (Fsp3) is 0. The van der Waals surface area contributed by atoms with E-state index >= 15 is 0 Å². The van der Waals surface area contributed by atoms with Gasteiger partial charge < -0.3 is 0 Å². The summed E-state index contributed by atoms with van der Waals surface area (Å²) in [6.07, 6.45) is 4.78. The van der Waals surface area contributed by atoms with Gasteiger partial charge >= 0.3 is 0 Å². The molecule has 0 unspecified atom stereocenters. The molecule has 0 saturated heterocycles. The zero-order valence-corrected chi connectivity index (χ0v) is 9.85. The van der Waals surface area contributed by atoms with Crippen LogP contribution in [-0.4, -0.2) is 26.9 Å². The number of imidazole rings is 1. The first-order valence-electron chi connectivity index (χ1n) is 5.68. The van der Waals surface area contributed by atoms with Gasteiger partial charge in [0.25, 0.3) is 0 Å². The summed E-state index contributed by atoms with van der Waals surface area (Å²) in [5.41, 5.74) is 2.36. The molecule has 0 spiro atoms. The average Bonchev–Trinajstić information content (AvgIpc) is 2.86. The molecule has 3 rings (SSSR count). The summed E-state index contributed by atoms with van der Waals surface area (Å²) in [6.45, 7) is 0. The van der Waals surface area contributed by atoms with E-state index in [1.165, 1.54) is 0 Å². The fourth-order valence-corrected chi connectivity index (χ4v) is 2.00. The van der Waals surface area contributed by atoms with E-state index in [-0.39, 0.29) is 0 Å². The molecule has 0 bridgehead atoms. The van der Waals surface area contributed by atoms with Crippen molar-refractivity contribution in [3.05, 3.63) is 54.0 Å². The third kappa shape index (κ3) is 1.72. The van der Waals surface area contributed by atoms with Crippen LogP contribution in [0.15, 0.2) is 42.7 Å². The maximum absolute atomic E-state index is 11.3. The molecule has 5 heteroatoms. The molecule has 0 aliphatic rings. The molecule has 0 saturated carbocycles. The van der Waals surface area contributed by atoms with E-state index in [0.717, 1.165) is 12.6 Å². The molecule has 3 aromatic rings. The molecule has 92 valence electrons. The number of rotatable bonds is 3. The lowest BCUT2D eigenvalue weighted by Crippen LogP contribution is -1.94. The lowest BCUT2D eigenvalue weighted by molar-refractivity contribution is 0.111. The second-order valence-corrected chi connectivity index (χ2v) is 3.95. The molecular formula is C14H9N3O2. The van der Waals surface area contributed by atoms with Crippen molar-refractivity contribution in [3.63, 3.8) is 0 Å². The van der Waals surface area contributed by atoms with Gasteiger partial charge in [-0.2, -0.15) is 0 Å². The molecule has 0 fully saturated rings. The largest absolute Gasteiger partial charge is 0.298 e. The number of aldehydes is 2. The monoisotopic (exact) mass is 251 g/mol. The van der Waals surface area contributed by atoms with Crippen molar-refractivity contribution in [2.75, 3.05) is 0 Å². The van der Waals surface area contributed by atoms with Crippen LogP contribution in [0.3, 0.4) is 0 Å². The van der Waals surface area contributed by atoms with Gasteiger partial charge in [0.2, 0.25) is 0 Å². The van der Waals surface area contributed by atoms with Gasteiger partial charge in [-0.15, -0.1) is 0 Å². The van der Waals surface area contributed by atoms with Crippen LogP contribution in [0.25, 0.3) is 17.0 Å². The molecule has 3 aromatic heterocycles. The number of fused-ring (bicyclic) bond motifs is 1. The number of aromatic nitrogens is 3. The lowest BCUT2D eigenvalue weighted by atomic mass is 10.2. The summed E-state index contributed by atoms with van der Waals surface area (Å²) in [5, 5.41) is 0. The SMILES string of the molecule is O=Cc1cccn2c(C=O)c(-c3ccccn3)nc12. The highest BCUT2D eigenvalue weighted by Crippen LogP contribution is 2.22. The smallest absolute Gasteiger partial charge is 0.169 e. The maximum Gasteiger partial charge on any atom is 0.169 e. The van der Waals surface area contributed by atoms with E-state index in [0.29, 0.717) is 28.3 Å². The van der Waals surface area contributed by atoms with Gasteiger partial charge in [0, 0.05) is 12.4 Å². The Bertz CT molecular complexity index is 763. The van der Waals surface area contributed by atoms with E-state index in [9.17, 15) is 9.59 Å². The quantitative estimate of drug-likeness (QED) is 0.668. The lowest BCUT2D eigenvalue weighted by Gasteiger charge is -1.97. The molecule has 0 N–H and O–H groups in total. The van der Waals surface area contributed by atoms with Crippen LogP contribution >= 0.6 is 0 Å². The van der Waals surface area contributed by atoms with Crippen molar-refractivity contribution in [2.45, 2.75) is 0 Å². The summed E-state index contributed by atoms with van der Waals surface area (Å²) < 4.78 is 1.60. The molecule has 0 aliphatic heterocycles. The molecular weight excluding hydrogens is 242 g/mol. The molecule has 0 amide bonds. The van der Waals surface area contributed by atoms with Crippen molar-refractivity contribution in [2.24, 2.45) is 0 Å². The number of carbonyl (C=O) groups is 2. The van der Waals surface area contributed by atoms with Crippen molar-refractivity contribution in [3.8, 4) is 11.4 Å². The first kappa shape index (κ1) is 11.3. The van der Waals surface area contributed by atoms with Crippen molar-refractivity contribution >= 4 is 18.2 Å². The number of pyridine rings is 2. The third-order valence-electron chi connectivity index (χ3n) is 2.86. The van der Waals surface area contributed by atoms with E-state index in [1.807, 2.05) is 6.07 Å². The van der Waals surface area contributed by atoms with Crippen LogP contribution < -0.4 is 0 Å². The van der Waals surface area contributed by atoms with Crippen LogP contribution in [0.1, 0.15) is 20.8 Å². The predicted octanol–water partition coefficient (Wildman–Crippen LogP) is 2.02. The number of hydrogen-bond acceptors (Lipinski definition) is 4. The second kappa shape index (κ2) is 4.45. The Balaban J connectivity index is 2.37. The molecule has 0 aliphatic carbocycles. The Kier molecular flexibility index (Phi) is 2.64. The second-order valence-electron chi connectivity index (χ2n) is 3.95. The van der Waals surface area contributed by atoms with Gasteiger partial charge in [-0.25, -0.2) is 4.98 Å². The van der Waals surface area contributed by atoms with Gasteiger partial charge in [0.1, 0.15) is 17.0 Å². The predicted molar refractivity (Wildman–Crippen MR) is 69.2 cm³/mol. The summed E-state index contributed by atoms with van der Waals surface area (Å²) in [5.74, 6) is 0. The van der Waals surface area contributed by atoms with E-state index in [4.69, 9.17) is 0 Å². The van der Waals surface area contributed by atoms with Gasteiger partial charge in [-0.1, -0.05) is 6.07 Å². The average molecular weight is 251 g/mol. The zero-order chi connectivity index (χ0) is 13.2. The Morgan fingerprint density at radius 2 is 1.95 bits per heavy atom. The number of hydrogen-bond donors (Lipinski definition) is 0. The molecule has 0 aromatic carbocycles. The van der Waals surface area contributed by atoms with Crippen molar-refractivity contribution < 1.29 is 9.59 Å². The summed E-state index contributed by atoms with van der Waals surface area (Å²) in [4.78, 5) is 30.9. The van der Waals surface area contributed by atoms with Gasteiger partial charge in [0.15, 0.2) is 12.6 Å². The summed E-state index contributed by atoms with van der Waals surface area (Å²) in [7, 11) is 0. The molecule has 0 atom stereocenters. The highest BCUT2D eigenvalue weighted by molar-refractivity contribution is 5.90. The van der Waals surface area contributed by atoms with Crippen LogP contribution in [0.5, 0.6) is 0 Å². The Labute approximate surface area is 108 Å². The van der Waals surface area contributed by atoms with E-state index in [1.54, 1.807) is 41.1 Å². The normalized spacial score (nSPS) is 10.5. The third-order valence-corrected chi connectivity index (χ3v) is 2.86. The van der Waals surface area contributed by atoms with Gasteiger partial charge in [-0.3, -0.25) is 19.0 Å². The number of nitrogens with zero attached hydrogens (tertiary/aromatic N) is 3. The van der Waals surface area contributed by atoms with Crippen LogP contribution in [0.2, 0.25) is 0 Å². The van der Waals surface area contributed by atoms with Crippen molar-refractivity contribution in [1.29, 1.82) is 0 Å². The summed E-state index contributed by atoms with van der Waals surface area (Å²) >= 11 is 0. The highest BCUT2D eigenvalue weighted by atomic mass is 16.1. The topological polar surface area (TPSA) is 64.3 Å². The number of carbonyl (C=O) groups excluding carboxylic acids is 2. The van der Waals surface area contributed by atoms with E-state index < -0.39 is 0 Å². The Morgan fingerprint density at radius 1 is 1.05 bits per heavy atom. The van der Waals surface area contributed by atoms with E-state index in [2.05, 4.69) is 9.97 Å². The molecule has 5 nitrogen and oxygen atoms in total. The standard InChI is InChI=1S/C14H9N3O2/c18-8-10-4-3-7-17-12(9-19)13(16-14(10)17)11-5-1-2-6-15-11/h1-9H. The fourth-order valence-electron chi connectivity index (χ4n) is 2.00. The maximum atomic E-state index is 11.3. The minimum Gasteiger partial charge on any atom is -0.298 e. The first-order chi connectivity index (χ1) is 9.35. The molecule has 3 heterocycles. The highest BCUT2D eigenvalue weighted by Gasteiger charge is 2.15. The Morgan fingerprint density at radius 3 is 2.63 bits per heavy atom. The molecule has 0 radical (unpaired) electrons. The van der Waals surface area contributed by atoms with Crippen molar-refractivity contribution in [1.82, 2.24) is 14.4 Å². The minimum atomic E-state index is 0.386. The van der Waals surface area contributed by atoms with Gasteiger partial charge in [0.05, 0.1) is 11.3 Å². The van der Waals surface area contributed by atoms with Crippen LogP contribution in [-0.2, 0) is 0 Å². The Hall–Kier alpha value is -2.82. The first-order valence-corrected chi connectivity index (χ1v) is 5.68. The minimum absolute atomic E-state index is 0.386. The van der Waals surface area contributed by atoms with Gasteiger partial charge in [-0.05, 0) is 24.3 Å².